The van der Waals surface area contributed by atoms with Crippen LogP contribution in [0.4, 0.5) is 0 Å². The van der Waals surface area contributed by atoms with Gasteiger partial charge in [-0.25, -0.2) is 13.1 Å². The highest BCUT2D eigenvalue weighted by atomic mass is 32.2. The van der Waals surface area contributed by atoms with E-state index in [9.17, 15) is 18.3 Å². The zero-order valence-electron chi connectivity index (χ0n) is 24.0. The molecule has 7 nitrogen and oxygen atoms in total. The van der Waals surface area contributed by atoms with Gasteiger partial charge in [-0.1, -0.05) is 67.0 Å². The van der Waals surface area contributed by atoms with Crippen molar-refractivity contribution in [2.24, 2.45) is 5.92 Å². The van der Waals surface area contributed by atoms with Gasteiger partial charge < -0.3 is 10.0 Å². The fourth-order valence-electron chi connectivity index (χ4n) is 5.29. The van der Waals surface area contributed by atoms with Crippen molar-refractivity contribution in [3.63, 3.8) is 0 Å². The molecule has 2 aromatic rings. The average Bonchev–Trinajstić information content (AvgIpc) is 3.12. The molecule has 38 heavy (non-hydrogen) atoms. The molecule has 0 bridgehead atoms. The van der Waals surface area contributed by atoms with Gasteiger partial charge in [-0.05, 0) is 60.0 Å². The minimum atomic E-state index is -3.54. The number of carbonyl (C=O) groups is 1. The third kappa shape index (κ3) is 6.12. The first kappa shape index (κ1) is 29.8. The van der Waals surface area contributed by atoms with E-state index in [1.165, 1.54) is 7.05 Å². The summed E-state index contributed by atoms with van der Waals surface area (Å²) < 4.78 is 26.6. The van der Waals surface area contributed by atoms with Crippen LogP contribution in [0.15, 0.2) is 41.3 Å². The molecule has 2 atom stereocenters. The highest BCUT2D eigenvalue weighted by molar-refractivity contribution is 7.89. The molecular weight excluding hydrogens is 498 g/mol. The first-order chi connectivity index (χ1) is 17.5. The van der Waals surface area contributed by atoms with Gasteiger partial charge in [-0.2, -0.15) is 0 Å². The van der Waals surface area contributed by atoms with E-state index in [-0.39, 0.29) is 45.6 Å². The maximum atomic E-state index is 13.6. The van der Waals surface area contributed by atoms with Crippen LogP contribution in [-0.2, 0) is 20.9 Å². The molecule has 0 radical (unpaired) electrons. The number of phenols is 1. The van der Waals surface area contributed by atoms with E-state index in [2.05, 4.69) is 11.6 Å². The largest absolute Gasteiger partial charge is 0.507 e. The summed E-state index contributed by atoms with van der Waals surface area (Å²) in [5.74, 6) is 0.484. The van der Waals surface area contributed by atoms with Crippen LogP contribution in [0.1, 0.15) is 94.3 Å². The van der Waals surface area contributed by atoms with Crippen molar-refractivity contribution in [1.29, 1.82) is 5.41 Å². The highest BCUT2D eigenvalue weighted by Gasteiger charge is 2.39. The van der Waals surface area contributed by atoms with Crippen LogP contribution in [-0.4, -0.2) is 50.2 Å². The lowest BCUT2D eigenvalue weighted by Crippen LogP contribution is -2.32. The molecule has 2 aromatic carbocycles. The number of benzene rings is 2. The zero-order valence-corrected chi connectivity index (χ0v) is 24.8. The molecule has 1 heterocycles. The Bertz CT molecular complexity index is 1270. The van der Waals surface area contributed by atoms with Crippen molar-refractivity contribution in [1.82, 2.24) is 9.62 Å². The number of aromatic hydroxyl groups is 1. The molecular formula is C30H43N3O4S. The Hall–Kier alpha value is -2.71. The number of amidine groups is 1. The van der Waals surface area contributed by atoms with E-state index < -0.39 is 10.0 Å². The van der Waals surface area contributed by atoms with Gasteiger partial charge in [0.25, 0.3) is 0 Å². The van der Waals surface area contributed by atoms with Crippen LogP contribution in [0, 0.1) is 11.3 Å². The Morgan fingerprint density at radius 3 is 2.03 bits per heavy atom. The van der Waals surface area contributed by atoms with Crippen molar-refractivity contribution in [3.05, 3.63) is 58.7 Å². The Kier molecular flexibility index (Phi) is 8.49. The maximum absolute atomic E-state index is 13.6. The third-order valence-electron chi connectivity index (χ3n) is 7.42. The number of rotatable bonds is 8. The fraction of sp³-hybridized carbons (Fsp3) is 0.533. The molecule has 0 amide bonds. The smallest absolute Gasteiger partial charge is 0.240 e. The van der Waals surface area contributed by atoms with Gasteiger partial charge in [0.1, 0.15) is 11.6 Å². The summed E-state index contributed by atoms with van der Waals surface area (Å²) in [6.07, 6.45) is 1.85. The minimum absolute atomic E-state index is 0.0830. The number of likely N-dealkylation sites (tertiary alicyclic amines) is 1. The predicted molar refractivity (Wildman–Crippen MR) is 153 cm³/mol. The SMILES string of the molecule is CCC[C@H]1CN(CC(=O)c2cc(C(C)(C)C)c(O)c(C(C)(C)C)c2)C(=N)[C@@H]1c1ccc(S(=O)(=O)NC)cc1. The Morgan fingerprint density at radius 1 is 1.05 bits per heavy atom. The second-order valence-electron chi connectivity index (χ2n) is 12.4. The molecule has 0 spiro atoms. The molecule has 0 unspecified atom stereocenters. The second-order valence-corrected chi connectivity index (χ2v) is 14.3. The summed E-state index contributed by atoms with van der Waals surface area (Å²) in [5, 5.41) is 20.0. The number of phenolic OH excluding ortho intramolecular Hbond substituents is 1. The van der Waals surface area contributed by atoms with Gasteiger partial charge in [0.05, 0.1) is 11.4 Å². The van der Waals surface area contributed by atoms with Gasteiger partial charge in [0.15, 0.2) is 5.78 Å². The summed E-state index contributed by atoms with van der Waals surface area (Å²) >= 11 is 0. The number of hydrogen-bond donors (Lipinski definition) is 3. The number of carbonyl (C=O) groups excluding carboxylic acids is 1. The molecule has 1 fully saturated rings. The number of ketones is 1. The van der Waals surface area contributed by atoms with E-state index in [1.54, 1.807) is 36.4 Å². The molecule has 8 heteroatoms. The van der Waals surface area contributed by atoms with Crippen molar-refractivity contribution >= 4 is 21.6 Å². The first-order valence-corrected chi connectivity index (χ1v) is 14.8. The van der Waals surface area contributed by atoms with Gasteiger partial charge in [0, 0.05) is 29.2 Å². The van der Waals surface area contributed by atoms with E-state index in [0.717, 1.165) is 29.5 Å². The second kappa shape index (κ2) is 10.8. The number of sulfonamides is 1. The highest BCUT2D eigenvalue weighted by Crippen LogP contribution is 2.41. The van der Waals surface area contributed by atoms with Crippen LogP contribution < -0.4 is 4.72 Å². The van der Waals surface area contributed by atoms with Crippen molar-refractivity contribution in [2.75, 3.05) is 20.1 Å². The van der Waals surface area contributed by atoms with Crippen LogP contribution in [0.2, 0.25) is 0 Å². The quantitative estimate of drug-likeness (QED) is 0.378. The molecule has 0 saturated carbocycles. The first-order valence-electron chi connectivity index (χ1n) is 13.3. The molecule has 0 aliphatic carbocycles. The molecule has 1 aliphatic rings. The molecule has 208 valence electrons. The Balaban J connectivity index is 1.93. The summed E-state index contributed by atoms with van der Waals surface area (Å²) in [6.45, 7) is 14.9. The summed E-state index contributed by atoms with van der Waals surface area (Å²) in [7, 11) is -2.16. The van der Waals surface area contributed by atoms with Crippen molar-refractivity contribution in [3.8, 4) is 5.75 Å². The zero-order chi connectivity index (χ0) is 28.6. The third-order valence-corrected chi connectivity index (χ3v) is 8.85. The predicted octanol–water partition coefficient (Wildman–Crippen LogP) is 5.57. The molecule has 0 aromatic heterocycles. The van der Waals surface area contributed by atoms with E-state index in [1.807, 2.05) is 46.4 Å². The lowest BCUT2D eigenvalue weighted by atomic mass is 9.78. The Morgan fingerprint density at radius 2 is 1.58 bits per heavy atom. The number of nitrogens with zero attached hydrogens (tertiary/aromatic N) is 1. The number of hydrogen-bond acceptors (Lipinski definition) is 5. The van der Waals surface area contributed by atoms with Crippen LogP contribution >= 0.6 is 0 Å². The molecule has 1 aliphatic heterocycles. The van der Waals surface area contributed by atoms with Crippen LogP contribution in [0.25, 0.3) is 0 Å². The van der Waals surface area contributed by atoms with Gasteiger partial charge in [0.2, 0.25) is 10.0 Å². The number of Topliss-reactive ketones (excluding diaryl/α,β-unsaturated/α-hetero) is 1. The molecule has 1 saturated heterocycles. The monoisotopic (exact) mass is 541 g/mol. The molecule has 3 N–H and O–H groups in total. The van der Waals surface area contributed by atoms with Crippen LogP contribution in [0.5, 0.6) is 5.75 Å². The lowest BCUT2D eigenvalue weighted by molar-refractivity contribution is 0.0963. The summed E-state index contributed by atoms with van der Waals surface area (Å²) in [4.78, 5) is 15.7. The number of nitrogens with one attached hydrogen (secondary N) is 2. The summed E-state index contributed by atoms with van der Waals surface area (Å²) in [6, 6.07) is 10.3. The van der Waals surface area contributed by atoms with Crippen LogP contribution in [0.3, 0.4) is 0 Å². The fourth-order valence-corrected chi connectivity index (χ4v) is 6.02. The Labute approximate surface area is 228 Å². The van der Waals surface area contributed by atoms with Crippen molar-refractivity contribution < 1.29 is 18.3 Å². The van der Waals surface area contributed by atoms with E-state index >= 15 is 0 Å². The molecule has 3 rings (SSSR count). The minimum Gasteiger partial charge on any atom is -0.507 e. The van der Waals surface area contributed by atoms with E-state index in [4.69, 9.17) is 5.41 Å². The topological polar surface area (TPSA) is 111 Å². The normalized spacial score (nSPS) is 18.7. The van der Waals surface area contributed by atoms with E-state index in [0.29, 0.717) is 17.9 Å². The summed E-state index contributed by atoms with van der Waals surface area (Å²) in [5.41, 5.74) is 2.22. The lowest BCUT2D eigenvalue weighted by Gasteiger charge is -2.28. The van der Waals surface area contributed by atoms with Crippen molar-refractivity contribution in [2.45, 2.75) is 83.0 Å². The van der Waals surface area contributed by atoms with Gasteiger partial charge in [-0.3, -0.25) is 10.2 Å². The average molecular weight is 542 g/mol. The van der Waals surface area contributed by atoms with Gasteiger partial charge >= 0.3 is 0 Å². The maximum Gasteiger partial charge on any atom is 0.240 e. The van der Waals surface area contributed by atoms with Gasteiger partial charge in [-0.15, -0.1) is 0 Å². The standard InChI is InChI=1S/C30H43N3O4S/c1-9-10-20-17-33(28(31)26(20)19-11-13-22(14-12-19)38(36,37)32-8)18-25(34)21-15-23(29(2,3)4)27(35)24(16-21)30(5,6)7/h11-16,20,26,31-32,35H,9-10,17-18H2,1-8H3/t20-,26+/m0/s1.